The van der Waals surface area contributed by atoms with Crippen molar-refractivity contribution in [3.8, 4) is 0 Å². The van der Waals surface area contributed by atoms with Gasteiger partial charge in [-0.1, -0.05) is 18.2 Å². The van der Waals surface area contributed by atoms with Crippen LogP contribution >= 0.6 is 0 Å². The minimum atomic E-state index is -0.430. The van der Waals surface area contributed by atoms with Crippen LogP contribution in [-0.4, -0.2) is 0 Å². The smallest absolute Gasteiger partial charge is 0.146 e. The van der Waals surface area contributed by atoms with E-state index in [4.69, 9.17) is 5.73 Å². The first-order valence-electron chi connectivity index (χ1n) is 5.66. The standard InChI is InChI=1S/C14H15F2N/c1-9-6-10(8-13(16)14(9)17)7-11-4-2-3-5-12(11)15/h2,4,6,8H,3,5,7,17H2,1H3. The second-order valence-corrected chi connectivity index (χ2v) is 4.36. The average molecular weight is 235 g/mol. The zero-order valence-corrected chi connectivity index (χ0v) is 9.76. The Hall–Kier alpha value is -1.64. The largest absolute Gasteiger partial charge is 0.396 e. The topological polar surface area (TPSA) is 26.0 Å². The van der Waals surface area contributed by atoms with Gasteiger partial charge in [-0.15, -0.1) is 0 Å². The van der Waals surface area contributed by atoms with Crippen molar-refractivity contribution in [1.29, 1.82) is 0 Å². The van der Waals surface area contributed by atoms with Crippen LogP contribution in [0.25, 0.3) is 0 Å². The summed E-state index contributed by atoms with van der Waals surface area (Å²) < 4.78 is 27.0. The molecule has 1 aliphatic rings. The summed E-state index contributed by atoms with van der Waals surface area (Å²) in [5.41, 5.74) is 7.79. The molecule has 0 bridgehead atoms. The van der Waals surface area contributed by atoms with Crippen molar-refractivity contribution in [1.82, 2.24) is 0 Å². The van der Waals surface area contributed by atoms with Crippen LogP contribution < -0.4 is 5.73 Å². The fraction of sp³-hybridized carbons (Fsp3) is 0.286. The molecule has 3 heteroatoms. The van der Waals surface area contributed by atoms with E-state index in [-0.39, 0.29) is 11.5 Å². The highest BCUT2D eigenvalue weighted by Gasteiger charge is 2.10. The highest BCUT2D eigenvalue weighted by molar-refractivity contribution is 5.50. The van der Waals surface area contributed by atoms with Gasteiger partial charge in [-0.25, -0.2) is 8.78 Å². The summed E-state index contributed by atoms with van der Waals surface area (Å²) in [6.45, 7) is 1.75. The summed E-state index contributed by atoms with van der Waals surface area (Å²) in [5, 5.41) is 0. The van der Waals surface area contributed by atoms with Crippen LogP contribution in [-0.2, 0) is 6.42 Å². The third-order valence-corrected chi connectivity index (χ3v) is 2.99. The molecule has 0 radical (unpaired) electrons. The van der Waals surface area contributed by atoms with Crippen LogP contribution in [0.2, 0.25) is 0 Å². The second kappa shape index (κ2) is 4.70. The lowest BCUT2D eigenvalue weighted by Crippen LogP contribution is -2.00. The quantitative estimate of drug-likeness (QED) is 0.774. The van der Waals surface area contributed by atoms with Crippen molar-refractivity contribution in [3.05, 3.63) is 52.6 Å². The molecule has 2 rings (SSSR count). The first kappa shape index (κ1) is 11.8. The normalized spacial score (nSPS) is 15.5. The Morgan fingerprint density at radius 2 is 2.06 bits per heavy atom. The Balaban J connectivity index is 2.28. The minimum absolute atomic E-state index is 0.0950. The fourth-order valence-electron chi connectivity index (χ4n) is 1.99. The average Bonchev–Trinajstić information content (AvgIpc) is 2.29. The van der Waals surface area contributed by atoms with Crippen LogP contribution in [0.1, 0.15) is 24.0 Å². The summed E-state index contributed by atoms with van der Waals surface area (Å²) >= 11 is 0. The third-order valence-electron chi connectivity index (χ3n) is 2.99. The van der Waals surface area contributed by atoms with Crippen molar-refractivity contribution < 1.29 is 8.78 Å². The van der Waals surface area contributed by atoms with Gasteiger partial charge in [0, 0.05) is 12.8 Å². The lowest BCUT2D eigenvalue weighted by atomic mass is 9.97. The number of hydrogen-bond donors (Lipinski definition) is 1. The number of halogens is 2. The number of benzene rings is 1. The molecule has 0 aliphatic heterocycles. The van der Waals surface area contributed by atoms with Gasteiger partial charge in [-0.3, -0.25) is 0 Å². The van der Waals surface area contributed by atoms with E-state index in [0.717, 1.165) is 12.0 Å². The van der Waals surface area contributed by atoms with Gasteiger partial charge in [0.05, 0.1) is 5.69 Å². The molecule has 0 spiro atoms. The van der Waals surface area contributed by atoms with Gasteiger partial charge in [0.2, 0.25) is 0 Å². The summed E-state index contributed by atoms with van der Waals surface area (Å²) in [5.74, 6) is -0.525. The van der Waals surface area contributed by atoms with Gasteiger partial charge in [0.15, 0.2) is 0 Å². The van der Waals surface area contributed by atoms with Crippen LogP contribution in [0.15, 0.2) is 35.7 Å². The number of nitrogen functional groups attached to an aromatic ring is 1. The molecule has 0 fully saturated rings. The molecule has 0 unspecified atom stereocenters. The maximum atomic E-state index is 13.5. The molecule has 1 aromatic rings. The van der Waals surface area contributed by atoms with Crippen LogP contribution in [0, 0.1) is 12.7 Å². The van der Waals surface area contributed by atoms with Crippen molar-refractivity contribution in [2.24, 2.45) is 0 Å². The predicted molar refractivity (Wildman–Crippen MR) is 65.8 cm³/mol. The Morgan fingerprint density at radius 1 is 1.29 bits per heavy atom. The lowest BCUT2D eigenvalue weighted by Gasteiger charge is -2.11. The Labute approximate surface area is 99.6 Å². The molecule has 0 aromatic heterocycles. The van der Waals surface area contributed by atoms with Crippen LogP contribution in [0.3, 0.4) is 0 Å². The highest BCUT2D eigenvalue weighted by Crippen LogP contribution is 2.25. The maximum absolute atomic E-state index is 13.5. The molecular formula is C14H15F2N. The third kappa shape index (κ3) is 2.54. The first-order valence-corrected chi connectivity index (χ1v) is 5.66. The van der Waals surface area contributed by atoms with E-state index in [1.54, 1.807) is 19.1 Å². The second-order valence-electron chi connectivity index (χ2n) is 4.36. The summed E-state index contributed by atoms with van der Waals surface area (Å²) in [4.78, 5) is 0. The molecule has 0 saturated heterocycles. The Bertz CT molecular complexity index is 478. The minimum Gasteiger partial charge on any atom is -0.396 e. The zero-order chi connectivity index (χ0) is 12.4. The van der Waals surface area contributed by atoms with Crippen LogP contribution in [0.4, 0.5) is 14.5 Å². The maximum Gasteiger partial charge on any atom is 0.146 e. The SMILES string of the molecule is Cc1cc(CC2=C(F)CCC=C2)cc(F)c1N. The molecule has 0 amide bonds. The fourth-order valence-corrected chi connectivity index (χ4v) is 1.99. The van der Waals surface area contributed by atoms with Gasteiger partial charge >= 0.3 is 0 Å². The Morgan fingerprint density at radius 3 is 2.71 bits per heavy atom. The lowest BCUT2D eigenvalue weighted by molar-refractivity contribution is 0.573. The molecule has 17 heavy (non-hydrogen) atoms. The Kier molecular flexibility index (Phi) is 3.27. The summed E-state index contributed by atoms with van der Waals surface area (Å²) in [7, 11) is 0. The van der Waals surface area contributed by atoms with E-state index in [1.165, 1.54) is 6.07 Å². The van der Waals surface area contributed by atoms with Gasteiger partial charge < -0.3 is 5.73 Å². The number of aryl methyl sites for hydroxylation is 1. The number of nitrogens with two attached hydrogens (primary N) is 1. The molecule has 0 heterocycles. The van der Waals surface area contributed by atoms with Gasteiger partial charge in [0.1, 0.15) is 11.6 Å². The number of anilines is 1. The predicted octanol–water partition coefficient (Wildman–Crippen LogP) is 3.83. The molecule has 0 saturated carbocycles. The van der Waals surface area contributed by atoms with Crippen molar-refractivity contribution in [3.63, 3.8) is 0 Å². The number of allylic oxidation sites excluding steroid dienone is 4. The van der Waals surface area contributed by atoms with E-state index in [2.05, 4.69) is 0 Å². The van der Waals surface area contributed by atoms with E-state index in [1.807, 2.05) is 6.08 Å². The van der Waals surface area contributed by atoms with Crippen molar-refractivity contribution in [2.75, 3.05) is 5.73 Å². The van der Waals surface area contributed by atoms with E-state index < -0.39 is 5.82 Å². The van der Waals surface area contributed by atoms with Gasteiger partial charge in [-0.2, -0.15) is 0 Å². The summed E-state index contributed by atoms with van der Waals surface area (Å²) in [6, 6.07) is 3.19. The van der Waals surface area contributed by atoms with Crippen LogP contribution in [0.5, 0.6) is 0 Å². The van der Waals surface area contributed by atoms with E-state index >= 15 is 0 Å². The van der Waals surface area contributed by atoms with Gasteiger partial charge in [0.25, 0.3) is 0 Å². The molecule has 2 N–H and O–H groups in total. The van der Waals surface area contributed by atoms with E-state index in [9.17, 15) is 8.78 Å². The van der Waals surface area contributed by atoms with Gasteiger partial charge in [-0.05, 0) is 36.1 Å². The zero-order valence-electron chi connectivity index (χ0n) is 9.76. The van der Waals surface area contributed by atoms with E-state index in [0.29, 0.717) is 24.0 Å². The molecule has 0 atom stereocenters. The summed E-state index contributed by atoms with van der Waals surface area (Å²) in [6.07, 6.45) is 5.33. The number of rotatable bonds is 2. The number of hydrogen-bond acceptors (Lipinski definition) is 1. The molecule has 1 aliphatic carbocycles. The molecular weight excluding hydrogens is 220 g/mol. The first-order chi connectivity index (χ1) is 8.08. The monoisotopic (exact) mass is 235 g/mol. The molecule has 90 valence electrons. The molecule has 1 aromatic carbocycles. The highest BCUT2D eigenvalue weighted by atomic mass is 19.1. The van der Waals surface area contributed by atoms with Crippen molar-refractivity contribution in [2.45, 2.75) is 26.2 Å². The van der Waals surface area contributed by atoms with Crippen molar-refractivity contribution >= 4 is 5.69 Å². The molecule has 1 nitrogen and oxygen atoms in total.